The molecule has 5 nitrogen and oxygen atoms in total. The number of halogens is 1. The monoisotopic (exact) mass is 430 g/mol. The highest BCUT2D eigenvalue weighted by Crippen LogP contribution is 2.46. The van der Waals surface area contributed by atoms with E-state index in [0.717, 1.165) is 0 Å². The number of ketones is 2. The SMILES string of the molecule is COc1ccc(-c2c(C(=O)c3cc(Cl)ccc3O)oc3c2C(=O)c2ccccc2-3)cc1. The van der Waals surface area contributed by atoms with Crippen LogP contribution in [0.15, 0.2) is 71.1 Å². The molecular formula is C25H15ClO5. The number of phenolic OH excluding ortho intramolecular Hbond substituents is 1. The largest absolute Gasteiger partial charge is 0.507 e. The number of carbonyl (C=O) groups is 2. The first-order valence-electron chi connectivity index (χ1n) is 9.48. The maximum atomic E-state index is 13.4. The Kier molecular flexibility index (Phi) is 4.41. The molecule has 1 aromatic heterocycles. The normalized spacial score (nSPS) is 11.9. The Morgan fingerprint density at radius 2 is 1.68 bits per heavy atom. The molecule has 0 radical (unpaired) electrons. The average Bonchev–Trinajstić information content (AvgIpc) is 3.31. The van der Waals surface area contributed by atoms with Gasteiger partial charge in [0.1, 0.15) is 17.3 Å². The third kappa shape index (κ3) is 2.94. The number of ether oxygens (including phenoxy) is 1. The number of carbonyl (C=O) groups excluding carboxylic acids is 2. The van der Waals surface area contributed by atoms with Crippen molar-refractivity contribution in [3.8, 4) is 33.9 Å². The molecule has 0 unspecified atom stereocenters. The summed E-state index contributed by atoms with van der Waals surface area (Å²) in [5.74, 6) is -0.0517. The minimum absolute atomic E-state index is 0.00424. The highest BCUT2D eigenvalue weighted by Gasteiger charge is 2.38. The first-order valence-corrected chi connectivity index (χ1v) is 9.86. The van der Waals surface area contributed by atoms with Crippen LogP contribution in [0.2, 0.25) is 5.02 Å². The number of methoxy groups -OCH3 is 1. The Hall–Kier alpha value is -3.83. The van der Waals surface area contributed by atoms with Crippen LogP contribution in [-0.2, 0) is 0 Å². The van der Waals surface area contributed by atoms with Crippen molar-refractivity contribution in [2.75, 3.05) is 7.11 Å². The van der Waals surface area contributed by atoms with E-state index < -0.39 is 5.78 Å². The fourth-order valence-corrected chi connectivity index (χ4v) is 4.03. The first-order chi connectivity index (χ1) is 15.0. The van der Waals surface area contributed by atoms with Gasteiger partial charge < -0.3 is 14.3 Å². The lowest BCUT2D eigenvalue weighted by Gasteiger charge is -2.08. The van der Waals surface area contributed by atoms with E-state index in [-0.39, 0.29) is 22.9 Å². The van der Waals surface area contributed by atoms with Gasteiger partial charge in [-0.1, -0.05) is 48.0 Å². The molecule has 31 heavy (non-hydrogen) atoms. The lowest BCUT2D eigenvalue weighted by atomic mass is 9.95. The van der Waals surface area contributed by atoms with Crippen LogP contribution in [0.5, 0.6) is 11.5 Å². The number of phenols is 1. The van der Waals surface area contributed by atoms with Gasteiger partial charge >= 0.3 is 0 Å². The summed E-state index contributed by atoms with van der Waals surface area (Å²) in [7, 11) is 1.56. The van der Waals surface area contributed by atoms with E-state index in [1.54, 1.807) is 55.6 Å². The number of aromatic hydroxyl groups is 1. The average molecular weight is 431 g/mol. The van der Waals surface area contributed by atoms with E-state index in [9.17, 15) is 14.7 Å². The second-order valence-electron chi connectivity index (χ2n) is 7.10. The van der Waals surface area contributed by atoms with Gasteiger partial charge in [0.05, 0.1) is 18.2 Å². The molecule has 4 aromatic rings. The minimum atomic E-state index is -0.564. The smallest absolute Gasteiger partial charge is 0.232 e. The second kappa shape index (κ2) is 7.15. The summed E-state index contributed by atoms with van der Waals surface area (Å²) in [6.07, 6.45) is 0. The van der Waals surface area contributed by atoms with Crippen molar-refractivity contribution in [2.24, 2.45) is 0 Å². The molecule has 0 aliphatic heterocycles. The van der Waals surface area contributed by atoms with E-state index in [0.29, 0.717) is 44.3 Å². The van der Waals surface area contributed by atoms with Crippen molar-refractivity contribution in [3.63, 3.8) is 0 Å². The molecule has 5 rings (SSSR count). The number of rotatable bonds is 4. The van der Waals surface area contributed by atoms with E-state index in [4.69, 9.17) is 20.8 Å². The maximum absolute atomic E-state index is 13.4. The molecule has 1 aliphatic carbocycles. The highest BCUT2D eigenvalue weighted by atomic mass is 35.5. The molecule has 0 saturated carbocycles. The maximum Gasteiger partial charge on any atom is 0.232 e. The molecule has 1 aliphatic rings. The topological polar surface area (TPSA) is 76.7 Å². The van der Waals surface area contributed by atoms with Crippen molar-refractivity contribution in [1.82, 2.24) is 0 Å². The van der Waals surface area contributed by atoms with E-state index in [2.05, 4.69) is 0 Å². The van der Waals surface area contributed by atoms with Crippen molar-refractivity contribution in [3.05, 3.63) is 94.2 Å². The van der Waals surface area contributed by atoms with Crippen molar-refractivity contribution in [1.29, 1.82) is 0 Å². The van der Waals surface area contributed by atoms with E-state index in [1.807, 2.05) is 0 Å². The van der Waals surface area contributed by atoms with Gasteiger partial charge in [0.25, 0.3) is 0 Å². The van der Waals surface area contributed by atoms with Crippen molar-refractivity contribution >= 4 is 23.2 Å². The number of benzene rings is 3. The molecular weight excluding hydrogens is 416 g/mol. The second-order valence-corrected chi connectivity index (χ2v) is 7.54. The van der Waals surface area contributed by atoms with Gasteiger partial charge in [0.2, 0.25) is 5.78 Å². The van der Waals surface area contributed by atoms with E-state index >= 15 is 0 Å². The van der Waals surface area contributed by atoms with Crippen LogP contribution in [0.4, 0.5) is 0 Å². The van der Waals surface area contributed by atoms with Gasteiger partial charge in [-0.25, -0.2) is 0 Å². The third-order valence-corrected chi connectivity index (χ3v) is 5.57. The summed E-state index contributed by atoms with van der Waals surface area (Å²) in [6, 6.07) is 18.3. The van der Waals surface area contributed by atoms with Crippen LogP contribution < -0.4 is 4.74 Å². The number of furan rings is 1. The summed E-state index contributed by atoms with van der Waals surface area (Å²) >= 11 is 6.04. The molecule has 1 heterocycles. The fourth-order valence-electron chi connectivity index (χ4n) is 3.86. The van der Waals surface area contributed by atoms with Crippen LogP contribution in [0.1, 0.15) is 32.0 Å². The molecule has 3 aromatic carbocycles. The van der Waals surface area contributed by atoms with Crippen LogP contribution in [-0.4, -0.2) is 23.8 Å². The summed E-state index contributed by atoms with van der Waals surface area (Å²) in [5, 5.41) is 10.5. The predicted molar refractivity (Wildman–Crippen MR) is 116 cm³/mol. The number of fused-ring (bicyclic) bond motifs is 3. The standard InChI is InChI=1S/C25H15ClO5/c1-30-15-9-6-13(7-10-15)20-21-22(28)16-4-2-3-5-17(16)24(21)31-25(20)23(29)18-12-14(26)8-11-19(18)27/h2-12,27H,1H3. The zero-order valence-electron chi connectivity index (χ0n) is 16.3. The number of hydrogen-bond acceptors (Lipinski definition) is 5. The van der Waals surface area contributed by atoms with Gasteiger partial charge in [0, 0.05) is 21.7 Å². The molecule has 152 valence electrons. The Morgan fingerprint density at radius 3 is 2.39 bits per heavy atom. The summed E-state index contributed by atoms with van der Waals surface area (Å²) < 4.78 is 11.2. The van der Waals surface area contributed by atoms with Crippen molar-refractivity contribution in [2.45, 2.75) is 0 Å². The molecule has 6 heteroatoms. The van der Waals surface area contributed by atoms with E-state index in [1.165, 1.54) is 18.2 Å². The predicted octanol–water partition coefficient (Wildman–Crippen LogP) is 5.76. The van der Waals surface area contributed by atoms with Gasteiger partial charge in [-0.2, -0.15) is 0 Å². The minimum Gasteiger partial charge on any atom is -0.507 e. The number of hydrogen-bond donors (Lipinski definition) is 1. The lowest BCUT2D eigenvalue weighted by molar-refractivity contribution is 0.101. The lowest BCUT2D eigenvalue weighted by Crippen LogP contribution is -2.05. The van der Waals surface area contributed by atoms with Gasteiger partial charge in [-0.3, -0.25) is 9.59 Å². The van der Waals surface area contributed by atoms with Crippen LogP contribution in [0.3, 0.4) is 0 Å². The molecule has 0 spiro atoms. The van der Waals surface area contributed by atoms with Crippen LogP contribution in [0, 0.1) is 0 Å². The third-order valence-electron chi connectivity index (χ3n) is 5.34. The molecule has 0 amide bonds. The summed E-state index contributed by atoms with van der Waals surface area (Å²) in [6.45, 7) is 0. The fraction of sp³-hybridized carbons (Fsp3) is 0.0400. The summed E-state index contributed by atoms with van der Waals surface area (Å²) in [4.78, 5) is 26.6. The molecule has 0 atom stereocenters. The van der Waals surface area contributed by atoms with Gasteiger partial charge in [-0.05, 0) is 35.9 Å². The van der Waals surface area contributed by atoms with Crippen LogP contribution in [0.25, 0.3) is 22.5 Å². The Morgan fingerprint density at radius 1 is 0.968 bits per heavy atom. The summed E-state index contributed by atoms with van der Waals surface area (Å²) in [5.41, 5.74) is 2.48. The van der Waals surface area contributed by atoms with Crippen molar-refractivity contribution < 1.29 is 23.8 Å². The molecule has 1 N–H and O–H groups in total. The molecule has 0 bridgehead atoms. The first kappa shape index (κ1) is 19.2. The Balaban J connectivity index is 1.77. The van der Waals surface area contributed by atoms with Crippen LogP contribution >= 0.6 is 11.6 Å². The molecule has 0 saturated heterocycles. The Labute approximate surface area is 182 Å². The highest BCUT2D eigenvalue weighted by molar-refractivity contribution is 6.31. The van der Waals surface area contributed by atoms with Gasteiger partial charge in [0.15, 0.2) is 11.5 Å². The quantitative estimate of drug-likeness (QED) is 0.367. The Bertz CT molecular complexity index is 1370. The van der Waals surface area contributed by atoms with Gasteiger partial charge in [-0.15, -0.1) is 0 Å². The molecule has 0 fully saturated rings. The zero-order chi connectivity index (χ0) is 21.7. The zero-order valence-corrected chi connectivity index (χ0v) is 17.1.